The first-order valence-electron chi connectivity index (χ1n) is 4.52. The fourth-order valence-electron chi connectivity index (χ4n) is 1.48. The molecule has 0 aliphatic heterocycles. The van der Waals surface area contributed by atoms with E-state index in [2.05, 4.69) is 4.98 Å². The molecule has 0 saturated carbocycles. The third-order valence-electron chi connectivity index (χ3n) is 2.19. The van der Waals surface area contributed by atoms with E-state index in [1.165, 1.54) is 6.07 Å². The third-order valence-corrected chi connectivity index (χ3v) is 2.19. The zero-order valence-electron chi connectivity index (χ0n) is 7.66. The maximum Gasteiger partial charge on any atom is 0.248 e. The fraction of sp³-hybridized carbons (Fsp3) is 0.182. The van der Waals surface area contributed by atoms with Crippen LogP contribution in [0.25, 0.3) is 10.9 Å². The van der Waals surface area contributed by atoms with Gasteiger partial charge < -0.3 is 10.1 Å². The Bertz CT molecular complexity index is 502. The van der Waals surface area contributed by atoms with Gasteiger partial charge in [0.25, 0.3) is 0 Å². The Morgan fingerprint density at radius 3 is 2.79 bits per heavy atom. The van der Waals surface area contributed by atoms with Crippen LogP contribution in [0.2, 0.25) is 0 Å². The van der Waals surface area contributed by atoms with Gasteiger partial charge >= 0.3 is 0 Å². The average molecular weight is 189 g/mol. The van der Waals surface area contributed by atoms with E-state index in [0.717, 1.165) is 16.5 Å². The van der Waals surface area contributed by atoms with E-state index >= 15 is 0 Å². The first kappa shape index (κ1) is 8.97. The molecular weight excluding hydrogens is 178 g/mol. The number of aliphatic hydroxyl groups excluding tert-OH is 1. The highest BCUT2D eigenvalue weighted by Crippen LogP contribution is 2.11. The van der Waals surface area contributed by atoms with Gasteiger partial charge in [-0.2, -0.15) is 0 Å². The largest absolute Gasteiger partial charge is 0.396 e. The Hall–Kier alpha value is -1.61. The number of benzene rings is 1. The lowest BCUT2D eigenvalue weighted by Gasteiger charge is -2.00. The maximum atomic E-state index is 11.0. The molecule has 0 aliphatic carbocycles. The molecule has 0 bridgehead atoms. The Morgan fingerprint density at radius 2 is 2.00 bits per heavy atom. The van der Waals surface area contributed by atoms with Crippen molar-refractivity contribution >= 4 is 10.9 Å². The van der Waals surface area contributed by atoms with Crippen LogP contribution in [0.1, 0.15) is 5.56 Å². The van der Waals surface area contributed by atoms with Crippen molar-refractivity contribution in [2.75, 3.05) is 6.61 Å². The van der Waals surface area contributed by atoms with Crippen molar-refractivity contribution in [3.63, 3.8) is 0 Å². The van der Waals surface area contributed by atoms with E-state index in [4.69, 9.17) is 5.11 Å². The second kappa shape index (κ2) is 3.64. The zero-order valence-corrected chi connectivity index (χ0v) is 7.66. The molecule has 0 fully saturated rings. The van der Waals surface area contributed by atoms with Crippen molar-refractivity contribution in [2.45, 2.75) is 6.42 Å². The molecule has 0 amide bonds. The summed E-state index contributed by atoms with van der Waals surface area (Å²) in [6.07, 6.45) is 0.618. The van der Waals surface area contributed by atoms with E-state index in [1.807, 2.05) is 18.2 Å². The van der Waals surface area contributed by atoms with E-state index in [1.54, 1.807) is 6.07 Å². The Morgan fingerprint density at radius 1 is 1.21 bits per heavy atom. The topological polar surface area (TPSA) is 53.1 Å². The fourth-order valence-corrected chi connectivity index (χ4v) is 1.48. The number of H-pyrrole nitrogens is 1. The lowest BCUT2D eigenvalue weighted by Crippen LogP contribution is -2.02. The van der Waals surface area contributed by atoms with Crippen LogP contribution in [0.4, 0.5) is 0 Å². The Labute approximate surface area is 81.0 Å². The van der Waals surface area contributed by atoms with Crippen LogP contribution in [0, 0.1) is 0 Å². The number of fused-ring (bicyclic) bond motifs is 1. The number of hydrogen-bond donors (Lipinski definition) is 2. The van der Waals surface area contributed by atoms with E-state index < -0.39 is 0 Å². The monoisotopic (exact) mass is 189 g/mol. The molecule has 2 N–H and O–H groups in total. The van der Waals surface area contributed by atoms with Gasteiger partial charge in [-0.25, -0.2) is 0 Å². The van der Waals surface area contributed by atoms with Crippen LogP contribution in [-0.4, -0.2) is 16.7 Å². The lowest BCUT2D eigenvalue weighted by molar-refractivity contribution is 0.299. The van der Waals surface area contributed by atoms with E-state index in [0.29, 0.717) is 6.42 Å². The number of hydrogen-bond acceptors (Lipinski definition) is 2. The molecule has 0 saturated heterocycles. The van der Waals surface area contributed by atoms with Crippen LogP contribution in [-0.2, 0) is 6.42 Å². The summed E-state index contributed by atoms with van der Waals surface area (Å²) in [5.74, 6) is 0. The van der Waals surface area contributed by atoms with Gasteiger partial charge in [0, 0.05) is 18.2 Å². The minimum atomic E-state index is -0.0985. The highest BCUT2D eigenvalue weighted by atomic mass is 16.2. The van der Waals surface area contributed by atoms with Gasteiger partial charge in [0.1, 0.15) is 0 Å². The summed E-state index contributed by atoms with van der Waals surface area (Å²) < 4.78 is 0. The van der Waals surface area contributed by atoms with Gasteiger partial charge in [-0.1, -0.05) is 12.1 Å². The van der Waals surface area contributed by atoms with Gasteiger partial charge in [-0.3, -0.25) is 4.79 Å². The molecule has 2 aromatic rings. The summed E-state index contributed by atoms with van der Waals surface area (Å²) >= 11 is 0. The van der Waals surface area contributed by atoms with Crippen LogP contribution >= 0.6 is 0 Å². The van der Waals surface area contributed by atoms with Crippen molar-refractivity contribution in [1.29, 1.82) is 0 Å². The first-order chi connectivity index (χ1) is 6.79. The average Bonchev–Trinajstić information content (AvgIpc) is 2.17. The molecule has 0 unspecified atom stereocenters. The number of nitrogens with one attached hydrogen (secondary N) is 1. The van der Waals surface area contributed by atoms with Crippen molar-refractivity contribution in [1.82, 2.24) is 4.98 Å². The van der Waals surface area contributed by atoms with E-state index in [9.17, 15) is 4.79 Å². The highest BCUT2D eigenvalue weighted by Gasteiger charge is 1.96. The summed E-state index contributed by atoms with van der Waals surface area (Å²) in [5.41, 5.74) is 1.75. The van der Waals surface area contributed by atoms with Gasteiger partial charge in [0.05, 0.1) is 0 Å². The molecule has 72 valence electrons. The molecule has 3 heteroatoms. The minimum Gasteiger partial charge on any atom is -0.396 e. The lowest BCUT2D eigenvalue weighted by atomic mass is 10.1. The number of aromatic nitrogens is 1. The molecule has 0 spiro atoms. The summed E-state index contributed by atoms with van der Waals surface area (Å²) in [6, 6.07) is 9.09. The molecule has 14 heavy (non-hydrogen) atoms. The number of pyridine rings is 1. The standard InChI is InChI=1S/C11H11NO2/c13-6-5-8-1-2-9-3-4-11(14)12-10(9)7-8/h1-4,7,13H,5-6H2,(H,12,14). The molecular formula is C11H11NO2. The summed E-state index contributed by atoms with van der Waals surface area (Å²) in [6.45, 7) is 0.128. The quantitative estimate of drug-likeness (QED) is 0.742. The third kappa shape index (κ3) is 1.67. The summed E-state index contributed by atoms with van der Waals surface area (Å²) in [7, 11) is 0. The molecule has 1 aromatic heterocycles. The van der Waals surface area contributed by atoms with Gasteiger partial charge in [0.15, 0.2) is 0 Å². The first-order valence-corrected chi connectivity index (χ1v) is 4.52. The molecule has 3 nitrogen and oxygen atoms in total. The van der Waals surface area contributed by atoms with Gasteiger partial charge in [-0.05, 0) is 29.5 Å². The highest BCUT2D eigenvalue weighted by molar-refractivity contribution is 5.78. The maximum absolute atomic E-state index is 11.0. The minimum absolute atomic E-state index is 0.0985. The normalized spacial score (nSPS) is 10.6. The summed E-state index contributed by atoms with van der Waals surface area (Å²) in [5, 5.41) is 9.78. The summed E-state index contributed by atoms with van der Waals surface area (Å²) in [4.78, 5) is 13.8. The Balaban J connectivity index is 2.58. The molecule has 1 aromatic carbocycles. The number of aliphatic hydroxyl groups is 1. The van der Waals surface area contributed by atoms with Crippen molar-refractivity contribution < 1.29 is 5.11 Å². The molecule has 0 aliphatic rings. The Kier molecular flexibility index (Phi) is 2.33. The van der Waals surface area contributed by atoms with Crippen molar-refractivity contribution in [2.24, 2.45) is 0 Å². The van der Waals surface area contributed by atoms with E-state index in [-0.39, 0.29) is 12.2 Å². The van der Waals surface area contributed by atoms with Gasteiger partial charge in [0.2, 0.25) is 5.56 Å². The second-order valence-electron chi connectivity index (χ2n) is 3.22. The predicted octanol–water partition coefficient (Wildman–Crippen LogP) is 1.06. The molecule has 1 heterocycles. The molecule has 2 rings (SSSR count). The smallest absolute Gasteiger partial charge is 0.248 e. The van der Waals surface area contributed by atoms with Crippen molar-refractivity contribution in [3.05, 3.63) is 46.2 Å². The molecule has 0 radical (unpaired) electrons. The predicted molar refractivity (Wildman–Crippen MR) is 55.4 cm³/mol. The van der Waals surface area contributed by atoms with Crippen LogP contribution in [0.3, 0.4) is 0 Å². The molecule has 0 atom stereocenters. The number of aromatic amines is 1. The van der Waals surface area contributed by atoms with Gasteiger partial charge in [-0.15, -0.1) is 0 Å². The second-order valence-corrected chi connectivity index (χ2v) is 3.22. The number of rotatable bonds is 2. The SMILES string of the molecule is O=c1ccc2ccc(CCO)cc2[nH]1. The van der Waals surface area contributed by atoms with Crippen LogP contribution in [0.5, 0.6) is 0 Å². The van der Waals surface area contributed by atoms with Crippen LogP contribution < -0.4 is 5.56 Å². The zero-order chi connectivity index (χ0) is 9.97. The van der Waals surface area contributed by atoms with Crippen molar-refractivity contribution in [3.8, 4) is 0 Å². The van der Waals surface area contributed by atoms with Crippen LogP contribution in [0.15, 0.2) is 35.1 Å².